The van der Waals surface area contributed by atoms with Crippen LogP contribution in [0.5, 0.6) is 5.75 Å². The molecular formula is C20H19N3O3S2. The van der Waals surface area contributed by atoms with Gasteiger partial charge in [0.25, 0.3) is 5.91 Å². The number of carbonyl (C=O) groups excluding carboxylic acids is 2. The maximum absolute atomic E-state index is 12.4. The molecule has 3 aromatic rings. The van der Waals surface area contributed by atoms with Crippen LogP contribution >= 0.6 is 23.1 Å². The van der Waals surface area contributed by atoms with E-state index in [-0.39, 0.29) is 17.4 Å². The van der Waals surface area contributed by atoms with E-state index in [9.17, 15) is 9.59 Å². The number of thioether (sulfide) groups is 1. The number of aromatic nitrogens is 2. The molecule has 0 atom stereocenters. The standard InChI is InChI=1S/C20H19N3O3S2/c1-12-8-9-14(13(2)10-12)16(24)11-27-20-23-22-19(28-20)21-18(25)15-6-4-5-7-17(15)26-3/h4-10H,11H2,1-3H3,(H,21,22,25). The number of anilines is 1. The number of nitrogens with one attached hydrogen (secondary N) is 1. The number of Topliss-reactive ketones (excluding diaryl/α,β-unsaturated/α-hetero) is 1. The average molecular weight is 414 g/mol. The van der Waals surface area contributed by atoms with Gasteiger partial charge in [-0.2, -0.15) is 0 Å². The van der Waals surface area contributed by atoms with E-state index in [0.29, 0.717) is 26.3 Å². The van der Waals surface area contributed by atoms with Crippen LogP contribution in [0.15, 0.2) is 46.8 Å². The Bertz CT molecular complexity index is 1020. The molecule has 144 valence electrons. The molecule has 6 nitrogen and oxygen atoms in total. The summed E-state index contributed by atoms with van der Waals surface area (Å²) in [6, 6.07) is 12.7. The number of para-hydroxylation sites is 1. The lowest BCUT2D eigenvalue weighted by Gasteiger charge is -2.06. The highest BCUT2D eigenvalue weighted by Gasteiger charge is 2.16. The largest absolute Gasteiger partial charge is 0.496 e. The Hall–Kier alpha value is -2.71. The minimum atomic E-state index is -0.323. The molecule has 1 aromatic heterocycles. The summed E-state index contributed by atoms with van der Waals surface area (Å²) in [5.74, 6) is 0.464. The third-order valence-corrected chi connectivity index (χ3v) is 5.96. The molecule has 0 aliphatic carbocycles. The molecule has 0 saturated heterocycles. The third-order valence-electron chi connectivity index (χ3n) is 3.99. The number of nitrogens with zero attached hydrogens (tertiary/aromatic N) is 2. The zero-order valence-electron chi connectivity index (χ0n) is 15.7. The molecule has 2 aromatic carbocycles. The Balaban J connectivity index is 1.61. The van der Waals surface area contributed by atoms with Crippen LogP contribution in [0, 0.1) is 13.8 Å². The van der Waals surface area contributed by atoms with Crippen LogP contribution in [0.1, 0.15) is 31.8 Å². The molecule has 0 saturated carbocycles. The number of ether oxygens (including phenoxy) is 1. The SMILES string of the molecule is COc1ccccc1C(=O)Nc1nnc(SCC(=O)c2ccc(C)cc2C)s1. The van der Waals surface area contributed by atoms with Gasteiger partial charge < -0.3 is 4.74 Å². The van der Waals surface area contributed by atoms with E-state index >= 15 is 0 Å². The number of hydrogen-bond donors (Lipinski definition) is 1. The molecule has 0 fully saturated rings. The van der Waals surface area contributed by atoms with E-state index in [2.05, 4.69) is 15.5 Å². The quantitative estimate of drug-likeness (QED) is 0.351. The van der Waals surface area contributed by atoms with Gasteiger partial charge in [-0.1, -0.05) is 59.0 Å². The number of methoxy groups -OCH3 is 1. The molecule has 1 N–H and O–H groups in total. The summed E-state index contributed by atoms with van der Waals surface area (Å²) in [7, 11) is 1.51. The summed E-state index contributed by atoms with van der Waals surface area (Å²) in [6.07, 6.45) is 0. The fourth-order valence-corrected chi connectivity index (χ4v) is 4.28. The van der Waals surface area contributed by atoms with E-state index < -0.39 is 0 Å². The number of hydrogen-bond acceptors (Lipinski definition) is 7. The van der Waals surface area contributed by atoms with Crippen LogP contribution in [0.3, 0.4) is 0 Å². The van der Waals surface area contributed by atoms with Crippen molar-refractivity contribution in [3.63, 3.8) is 0 Å². The number of ketones is 1. The van der Waals surface area contributed by atoms with Crippen LogP contribution in [0.2, 0.25) is 0 Å². The summed E-state index contributed by atoms with van der Waals surface area (Å²) in [5, 5.41) is 11.1. The van der Waals surface area contributed by atoms with Gasteiger partial charge in [0, 0.05) is 5.56 Å². The van der Waals surface area contributed by atoms with Crippen molar-refractivity contribution in [3.8, 4) is 5.75 Å². The first-order valence-electron chi connectivity index (χ1n) is 8.49. The van der Waals surface area contributed by atoms with Gasteiger partial charge in [-0.3, -0.25) is 14.9 Å². The summed E-state index contributed by atoms with van der Waals surface area (Å²) in [4.78, 5) is 24.8. The van der Waals surface area contributed by atoms with Crippen LogP contribution in [-0.2, 0) is 0 Å². The van der Waals surface area contributed by atoms with Gasteiger partial charge in [-0.15, -0.1) is 10.2 Å². The topological polar surface area (TPSA) is 81.2 Å². The molecule has 3 rings (SSSR count). The normalized spacial score (nSPS) is 10.5. The highest BCUT2D eigenvalue weighted by Crippen LogP contribution is 2.27. The number of carbonyl (C=O) groups is 2. The Morgan fingerprint density at radius 3 is 2.64 bits per heavy atom. The van der Waals surface area contributed by atoms with Gasteiger partial charge in [-0.25, -0.2) is 0 Å². The van der Waals surface area contributed by atoms with Gasteiger partial charge in [0.15, 0.2) is 10.1 Å². The highest BCUT2D eigenvalue weighted by molar-refractivity contribution is 8.01. The number of aryl methyl sites for hydroxylation is 2. The number of benzene rings is 2. The first-order chi connectivity index (χ1) is 13.5. The Morgan fingerprint density at radius 1 is 1.11 bits per heavy atom. The second-order valence-corrected chi connectivity index (χ2v) is 8.26. The van der Waals surface area contributed by atoms with Crippen molar-refractivity contribution < 1.29 is 14.3 Å². The number of amides is 1. The van der Waals surface area contributed by atoms with Gasteiger partial charge >= 0.3 is 0 Å². The van der Waals surface area contributed by atoms with Gasteiger partial charge in [0.05, 0.1) is 18.4 Å². The minimum absolute atomic E-state index is 0.0392. The first-order valence-corrected chi connectivity index (χ1v) is 10.3. The molecule has 0 aliphatic rings. The highest BCUT2D eigenvalue weighted by atomic mass is 32.2. The predicted molar refractivity (Wildman–Crippen MR) is 112 cm³/mol. The maximum atomic E-state index is 12.4. The zero-order chi connectivity index (χ0) is 20.1. The van der Waals surface area contributed by atoms with Crippen LogP contribution in [0.25, 0.3) is 0 Å². The van der Waals surface area contributed by atoms with Gasteiger partial charge in [0.2, 0.25) is 5.13 Å². The molecule has 1 amide bonds. The zero-order valence-corrected chi connectivity index (χ0v) is 17.3. The summed E-state index contributed by atoms with van der Waals surface area (Å²) in [5.41, 5.74) is 3.22. The molecule has 1 heterocycles. The third kappa shape index (κ3) is 4.76. The maximum Gasteiger partial charge on any atom is 0.261 e. The average Bonchev–Trinajstić information content (AvgIpc) is 3.13. The van der Waals surface area contributed by atoms with Crippen LogP contribution in [0.4, 0.5) is 5.13 Å². The van der Waals surface area contributed by atoms with Gasteiger partial charge in [-0.05, 0) is 31.5 Å². The van der Waals surface area contributed by atoms with Crippen molar-refractivity contribution in [2.24, 2.45) is 0 Å². The summed E-state index contributed by atoms with van der Waals surface area (Å²) < 4.78 is 5.82. The first kappa shape index (κ1) is 20.0. The minimum Gasteiger partial charge on any atom is -0.496 e. The monoisotopic (exact) mass is 413 g/mol. The van der Waals surface area contributed by atoms with Crippen molar-refractivity contribution in [3.05, 3.63) is 64.7 Å². The van der Waals surface area contributed by atoms with Crippen molar-refractivity contribution >= 4 is 39.9 Å². The smallest absolute Gasteiger partial charge is 0.261 e. The second-order valence-electron chi connectivity index (χ2n) is 6.06. The second kappa shape index (κ2) is 8.99. The molecule has 0 unspecified atom stereocenters. The van der Waals surface area contributed by atoms with E-state index in [0.717, 1.165) is 11.1 Å². The van der Waals surface area contributed by atoms with Crippen molar-refractivity contribution in [1.82, 2.24) is 10.2 Å². The van der Waals surface area contributed by atoms with E-state index in [1.807, 2.05) is 32.0 Å². The summed E-state index contributed by atoms with van der Waals surface area (Å²) in [6.45, 7) is 3.93. The number of rotatable bonds is 7. The fourth-order valence-electron chi connectivity index (χ4n) is 2.65. The van der Waals surface area contributed by atoms with E-state index in [4.69, 9.17) is 4.74 Å². The van der Waals surface area contributed by atoms with Gasteiger partial charge in [0.1, 0.15) is 5.75 Å². The lowest BCUT2D eigenvalue weighted by atomic mass is 10.0. The van der Waals surface area contributed by atoms with Crippen molar-refractivity contribution in [1.29, 1.82) is 0 Å². The Morgan fingerprint density at radius 2 is 1.89 bits per heavy atom. The van der Waals surface area contributed by atoms with E-state index in [1.165, 1.54) is 30.2 Å². The molecule has 8 heteroatoms. The predicted octanol–water partition coefficient (Wildman–Crippen LogP) is 4.39. The molecular weight excluding hydrogens is 394 g/mol. The van der Waals surface area contributed by atoms with Crippen LogP contribution < -0.4 is 10.1 Å². The van der Waals surface area contributed by atoms with E-state index in [1.54, 1.807) is 24.3 Å². The van der Waals surface area contributed by atoms with Crippen LogP contribution in [-0.4, -0.2) is 34.8 Å². The lowest BCUT2D eigenvalue weighted by molar-refractivity contribution is 0.101. The molecule has 0 radical (unpaired) electrons. The Labute approximate surface area is 171 Å². The lowest BCUT2D eigenvalue weighted by Crippen LogP contribution is -2.12. The Kier molecular flexibility index (Phi) is 6.43. The molecule has 0 spiro atoms. The van der Waals surface area contributed by atoms with Crippen molar-refractivity contribution in [2.75, 3.05) is 18.2 Å². The molecule has 28 heavy (non-hydrogen) atoms. The molecule has 0 aliphatic heterocycles. The summed E-state index contributed by atoms with van der Waals surface area (Å²) >= 11 is 2.54. The molecule has 0 bridgehead atoms. The fraction of sp³-hybridized carbons (Fsp3) is 0.200. The van der Waals surface area contributed by atoms with Crippen molar-refractivity contribution in [2.45, 2.75) is 18.2 Å².